The van der Waals surface area contributed by atoms with Crippen molar-refractivity contribution in [2.45, 2.75) is 59.8 Å². The largest absolute Gasteiger partial charge is 0.398 e. The molecule has 4 N–H and O–H groups in total. The first-order chi connectivity index (χ1) is 10.7. The van der Waals surface area contributed by atoms with Crippen molar-refractivity contribution in [2.24, 2.45) is 0 Å². The fourth-order valence-corrected chi connectivity index (χ4v) is 3.22. The highest BCUT2D eigenvalue weighted by molar-refractivity contribution is 5.60. The van der Waals surface area contributed by atoms with Crippen LogP contribution < -0.4 is 11.5 Å². The van der Waals surface area contributed by atoms with Gasteiger partial charge in [0.1, 0.15) is 0 Å². The topological polar surface area (TPSA) is 52.0 Å². The van der Waals surface area contributed by atoms with Crippen LogP contribution in [0.2, 0.25) is 0 Å². The number of benzene rings is 2. The van der Waals surface area contributed by atoms with Gasteiger partial charge in [0.05, 0.1) is 0 Å². The van der Waals surface area contributed by atoms with E-state index in [1.165, 1.54) is 22.3 Å². The van der Waals surface area contributed by atoms with Crippen LogP contribution in [0.25, 0.3) is 0 Å². The van der Waals surface area contributed by atoms with E-state index in [1.807, 2.05) is 0 Å². The fourth-order valence-electron chi connectivity index (χ4n) is 3.22. The standard InChI is InChI=1S/C21H30N2/c1-7-15-11-17(9-13(3)19(15)22)21(5,6)18-10-14(4)20(23)16(8-2)12-18/h9-12H,7-8,22-23H2,1-6H3. The summed E-state index contributed by atoms with van der Waals surface area (Å²) in [6, 6.07) is 8.98. The molecule has 2 aromatic carbocycles. The Bertz CT molecular complexity index is 666. The monoisotopic (exact) mass is 310 g/mol. The van der Waals surface area contributed by atoms with Gasteiger partial charge in [0.25, 0.3) is 0 Å². The number of hydrogen-bond acceptors (Lipinski definition) is 2. The van der Waals surface area contributed by atoms with Crippen LogP contribution in [0, 0.1) is 13.8 Å². The maximum Gasteiger partial charge on any atom is 0.0376 e. The molecule has 23 heavy (non-hydrogen) atoms. The van der Waals surface area contributed by atoms with Gasteiger partial charge in [-0.3, -0.25) is 0 Å². The lowest BCUT2D eigenvalue weighted by atomic mass is 9.75. The zero-order chi connectivity index (χ0) is 17.4. The van der Waals surface area contributed by atoms with Crippen molar-refractivity contribution >= 4 is 11.4 Å². The molecule has 0 fully saturated rings. The van der Waals surface area contributed by atoms with Crippen molar-refractivity contribution in [3.63, 3.8) is 0 Å². The van der Waals surface area contributed by atoms with Crippen molar-refractivity contribution in [1.29, 1.82) is 0 Å². The van der Waals surface area contributed by atoms with Crippen molar-refractivity contribution in [3.8, 4) is 0 Å². The van der Waals surface area contributed by atoms with Gasteiger partial charge in [-0.1, -0.05) is 52.0 Å². The number of aryl methyl sites for hydroxylation is 4. The summed E-state index contributed by atoms with van der Waals surface area (Å²) < 4.78 is 0. The summed E-state index contributed by atoms with van der Waals surface area (Å²) in [4.78, 5) is 0. The summed E-state index contributed by atoms with van der Waals surface area (Å²) in [5.41, 5.74) is 21.6. The summed E-state index contributed by atoms with van der Waals surface area (Å²) in [5, 5.41) is 0. The van der Waals surface area contributed by atoms with Gasteiger partial charge in [-0.15, -0.1) is 0 Å². The molecule has 0 aliphatic rings. The smallest absolute Gasteiger partial charge is 0.0376 e. The third kappa shape index (κ3) is 3.08. The van der Waals surface area contributed by atoms with Crippen LogP contribution in [0.4, 0.5) is 11.4 Å². The quantitative estimate of drug-likeness (QED) is 0.788. The molecule has 0 amide bonds. The van der Waals surface area contributed by atoms with E-state index in [2.05, 4.69) is 65.8 Å². The number of hydrogen-bond donors (Lipinski definition) is 2. The van der Waals surface area contributed by atoms with Crippen LogP contribution in [0.15, 0.2) is 24.3 Å². The van der Waals surface area contributed by atoms with Crippen LogP contribution >= 0.6 is 0 Å². The molecular weight excluding hydrogens is 280 g/mol. The Balaban J connectivity index is 2.63. The minimum atomic E-state index is -0.0786. The minimum absolute atomic E-state index is 0.0786. The molecule has 0 heterocycles. The summed E-state index contributed by atoms with van der Waals surface area (Å²) in [5.74, 6) is 0. The number of nitrogen functional groups attached to an aromatic ring is 2. The second-order valence-corrected chi connectivity index (χ2v) is 7.06. The van der Waals surface area contributed by atoms with Gasteiger partial charge in [-0.25, -0.2) is 0 Å². The first-order valence-corrected chi connectivity index (χ1v) is 8.51. The molecule has 0 saturated heterocycles. The van der Waals surface area contributed by atoms with E-state index in [-0.39, 0.29) is 5.41 Å². The normalized spacial score (nSPS) is 11.7. The Morgan fingerprint density at radius 2 is 1.09 bits per heavy atom. The molecule has 0 aromatic heterocycles. The molecule has 2 nitrogen and oxygen atoms in total. The van der Waals surface area contributed by atoms with Crippen molar-refractivity contribution in [2.75, 3.05) is 11.5 Å². The number of anilines is 2. The summed E-state index contributed by atoms with van der Waals surface area (Å²) >= 11 is 0. The zero-order valence-electron chi connectivity index (χ0n) is 15.4. The molecule has 0 bridgehead atoms. The van der Waals surface area contributed by atoms with Crippen LogP contribution in [0.3, 0.4) is 0 Å². The van der Waals surface area contributed by atoms with Gasteiger partial charge < -0.3 is 11.5 Å². The highest BCUT2D eigenvalue weighted by Gasteiger charge is 2.25. The summed E-state index contributed by atoms with van der Waals surface area (Å²) in [6.45, 7) is 13.1. The predicted octanol–water partition coefficient (Wildman–Crippen LogP) is 4.92. The van der Waals surface area contributed by atoms with Crippen molar-refractivity contribution in [1.82, 2.24) is 0 Å². The molecule has 0 aliphatic heterocycles. The average Bonchev–Trinajstić information content (AvgIpc) is 2.52. The molecule has 124 valence electrons. The molecule has 0 atom stereocenters. The maximum absolute atomic E-state index is 6.22. The van der Waals surface area contributed by atoms with Crippen LogP contribution in [0.5, 0.6) is 0 Å². The van der Waals surface area contributed by atoms with Crippen molar-refractivity contribution < 1.29 is 0 Å². The molecule has 0 saturated carbocycles. The third-order valence-corrected chi connectivity index (χ3v) is 5.15. The molecule has 0 spiro atoms. The zero-order valence-corrected chi connectivity index (χ0v) is 15.4. The van der Waals surface area contributed by atoms with E-state index >= 15 is 0 Å². The van der Waals surface area contributed by atoms with Gasteiger partial charge in [0.2, 0.25) is 0 Å². The summed E-state index contributed by atoms with van der Waals surface area (Å²) in [6.07, 6.45) is 1.91. The van der Waals surface area contributed by atoms with Crippen molar-refractivity contribution in [3.05, 3.63) is 57.6 Å². The first-order valence-electron chi connectivity index (χ1n) is 8.51. The van der Waals surface area contributed by atoms with E-state index in [0.717, 1.165) is 35.3 Å². The third-order valence-electron chi connectivity index (χ3n) is 5.15. The van der Waals surface area contributed by atoms with Gasteiger partial charge in [0, 0.05) is 16.8 Å². The van der Waals surface area contributed by atoms with E-state index in [9.17, 15) is 0 Å². The first kappa shape index (κ1) is 17.4. The Morgan fingerprint density at radius 1 is 0.739 bits per heavy atom. The second kappa shape index (κ2) is 6.27. The maximum atomic E-state index is 6.22. The lowest BCUT2D eigenvalue weighted by Gasteiger charge is -2.29. The predicted molar refractivity (Wildman–Crippen MR) is 102 cm³/mol. The molecule has 0 unspecified atom stereocenters. The van der Waals surface area contributed by atoms with E-state index in [0.29, 0.717) is 0 Å². The fraction of sp³-hybridized carbons (Fsp3) is 0.429. The lowest BCUT2D eigenvalue weighted by Crippen LogP contribution is -2.21. The number of nitrogens with two attached hydrogens (primary N) is 2. The van der Waals surface area contributed by atoms with Gasteiger partial charge in [-0.2, -0.15) is 0 Å². The Hall–Kier alpha value is -1.96. The molecule has 0 radical (unpaired) electrons. The molecule has 2 aromatic rings. The average molecular weight is 310 g/mol. The highest BCUT2D eigenvalue weighted by Crippen LogP contribution is 2.36. The summed E-state index contributed by atoms with van der Waals surface area (Å²) in [7, 11) is 0. The van der Waals surface area contributed by atoms with Gasteiger partial charge in [0.15, 0.2) is 0 Å². The second-order valence-electron chi connectivity index (χ2n) is 7.06. The lowest BCUT2D eigenvalue weighted by molar-refractivity contribution is 0.637. The van der Waals surface area contributed by atoms with Crippen LogP contribution in [0.1, 0.15) is 61.1 Å². The van der Waals surface area contributed by atoms with Crippen LogP contribution in [-0.4, -0.2) is 0 Å². The SMILES string of the molecule is CCc1cc(C(C)(C)c2cc(C)c(N)c(CC)c2)cc(C)c1N. The highest BCUT2D eigenvalue weighted by atomic mass is 14.6. The van der Waals surface area contributed by atoms with E-state index in [4.69, 9.17) is 11.5 Å². The Labute approximate surface area is 140 Å². The van der Waals surface area contributed by atoms with E-state index in [1.54, 1.807) is 0 Å². The molecule has 2 heteroatoms. The minimum Gasteiger partial charge on any atom is -0.398 e. The molecule has 2 rings (SSSR count). The van der Waals surface area contributed by atoms with Crippen LogP contribution in [-0.2, 0) is 18.3 Å². The molecule has 0 aliphatic carbocycles. The van der Waals surface area contributed by atoms with Gasteiger partial charge >= 0.3 is 0 Å². The van der Waals surface area contributed by atoms with Gasteiger partial charge in [-0.05, 0) is 60.1 Å². The Morgan fingerprint density at radius 3 is 1.39 bits per heavy atom. The van der Waals surface area contributed by atoms with E-state index < -0.39 is 0 Å². The Kier molecular flexibility index (Phi) is 4.74. The number of rotatable bonds is 4. The molecular formula is C21H30N2.